The van der Waals surface area contributed by atoms with E-state index in [1.54, 1.807) is 17.5 Å². The molecular formula is C13H10Cl2N2O3S. The Labute approximate surface area is 134 Å². The first-order chi connectivity index (χ1) is 10.0. The Morgan fingerprint density at radius 1 is 1.14 bits per heavy atom. The Hall–Kier alpha value is -1.76. The first-order valence-corrected chi connectivity index (χ1v) is 7.33. The van der Waals surface area contributed by atoms with Gasteiger partial charge in [-0.05, 0) is 23.6 Å². The standard InChI is InChI=1S/C13H10Cl2N2O3S/c1-20-11-8(14)5-7(6-9(11)15)12(18)16-17-13(19)10-3-2-4-21-10/h2-6H,1H3,(H,16,18)(H,17,19). The highest BCUT2D eigenvalue weighted by atomic mass is 35.5. The number of rotatable bonds is 3. The highest BCUT2D eigenvalue weighted by Crippen LogP contribution is 2.33. The summed E-state index contributed by atoms with van der Waals surface area (Å²) in [7, 11) is 1.42. The molecule has 0 bridgehead atoms. The molecule has 21 heavy (non-hydrogen) atoms. The Kier molecular flexibility index (Phi) is 5.06. The van der Waals surface area contributed by atoms with Gasteiger partial charge in [-0.3, -0.25) is 20.4 Å². The minimum absolute atomic E-state index is 0.206. The summed E-state index contributed by atoms with van der Waals surface area (Å²) in [5, 5.41) is 2.18. The number of carbonyl (C=O) groups is 2. The van der Waals surface area contributed by atoms with Gasteiger partial charge < -0.3 is 4.74 Å². The lowest BCUT2D eigenvalue weighted by atomic mass is 10.2. The van der Waals surface area contributed by atoms with Gasteiger partial charge in [0.2, 0.25) is 0 Å². The minimum atomic E-state index is -0.536. The monoisotopic (exact) mass is 344 g/mol. The SMILES string of the molecule is COc1c(Cl)cc(C(=O)NNC(=O)c2cccs2)cc1Cl. The molecule has 0 saturated carbocycles. The predicted molar refractivity (Wildman–Crippen MR) is 82.3 cm³/mol. The molecule has 0 unspecified atom stereocenters. The second-order valence-corrected chi connectivity index (χ2v) is 5.62. The quantitative estimate of drug-likeness (QED) is 0.840. The smallest absolute Gasteiger partial charge is 0.279 e. The number of ether oxygens (including phenoxy) is 1. The largest absolute Gasteiger partial charge is 0.494 e. The maximum Gasteiger partial charge on any atom is 0.279 e. The number of carbonyl (C=O) groups excluding carboxylic acids is 2. The van der Waals surface area contributed by atoms with Gasteiger partial charge in [0.05, 0.1) is 22.0 Å². The number of hydrazine groups is 1. The van der Waals surface area contributed by atoms with E-state index >= 15 is 0 Å². The summed E-state index contributed by atoms with van der Waals surface area (Å²) < 4.78 is 4.99. The molecule has 1 aromatic carbocycles. The molecule has 0 saturated heterocycles. The maximum absolute atomic E-state index is 11.9. The highest BCUT2D eigenvalue weighted by Gasteiger charge is 2.14. The summed E-state index contributed by atoms with van der Waals surface area (Å²) in [6.45, 7) is 0. The van der Waals surface area contributed by atoms with Crippen LogP contribution < -0.4 is 15.6 Å². The Morgan fingerprint density at radius 3 is 2.29 bits per heavy atom. The van der Waals surface area contributed by atoms with E-state index < -0.39 is 11.8 Å². The van der Waals surface area contributed by atoms with Gasteiger partial charge in [-0.1, -0.05) is 29.3 Å². The van der Waals surface area contributed by atoms with E-state index in [1.807, 2.05) is 0 Å². The van der Waals surface area contributed by atoms with Crippen molar-refractivity contribution in [1.29, 1.82) is 0 Å². The lowest BCUT2D eigenvalue weighted by Crippen LogP contribution is -2.41. The van der Waals surface area contributed by atoms with E-state index in [0.717, 1.165) is 0 Å². The van der Waals surface area contributed by atoms with E-state index in [4.69, 9.17) is 27.9 Å². The van der Waals surface area contributed by atoms with Crippen molar-refractivity contribution in [2.45, 2.75) is 0 Å². The fourth-order valence-electron chi connectivity index (χ4n) is 1.54. The van der Waals surface area contributed by atoms with E-state index in [2.05, 4.69) is 10.9 Å². The predicted octanol–water partition coefficient (Wildman–Crippen LogP) is 3.14. The van der Waals surface area contributed by atoms with Crippen molar-refractivity contribution in [2.24, 2.45) is 0 Å². The molecule has 0 aliphatic rings. The van der Waals surface area contributed by atoms with E-state index in [9.17, 15) is 9.59 Å². The molecule has 1 heterocycles. The Balaban J connectivity index is 2.06. The molecule has 1 aromatic heterocycles. The third kappa shape index (κ3) is 3.66. The average Bonchev–Trinajstić information content (AvgIpc) is 2.98. The number of hydrogen-bond acceptors (Lipinski definition) is 4. The van der Waals surface area contributed by atoms with E-state index in [-0.39, 0.29) is 21.4 Å². The maximum atomic E-state index is 11.9. The van der Waals surface area contributed by atoms with Crippen LogP contribution in [0.2, 0.25) is 10.0 Å². The van der Waals surface area contributed by atoms with Crippen molar-refractivity contribution in [2.75, 3.05) is 7.11 Å². The third-order valence-corrected chi connectivity index (χ3v) is 3.93. The van der Waals surface area contributed by atoms with Crippen LogP contribution in [0, 0.1) is 0 Å². The van der Waals surface area contributed by atoms with Crippen molar-refractivity contribution < 1.29 is 14.3 Å². The van der Waals surface area contributed by atoms with Crippen molar-refractivity contribution in [1.82, 2.24) is 10.9 Å². The van der Waals surface area contributed by atoms with Gasteiger partial charge in [-0.15, -0.1) is 11.3 Å². The molecule has 0 spiro atoms. The van der Waals surface area contributed by atoms with E-state index in [1.165, 1.54) is 30.6 Å². The third-order valence-electron chi connectivity index (χ3n) is 2.50. The fourth-order valence-corrected chi connectivity index (χ4v) is 2.80. The van der Waals surface area contributed by atoms with Crippen LogP contribution in [0.5, 0.6) is 5.75 Å². The molecule has 0 fully saturated rings. The number of benzene rings is 1. The van der Waals surface area contributed by atoms with Crippen LogP contribution in [-0.4, -0.2) is 18.9 Å². The van der Waals surface area contributed by atoms with Crippen LogP contribution in [0.15, 0.2) is 29.6 Å². The number of thiophene rings is 1. The summed E-state index contributed by atoms with van der Waals surface area (Å²) >= 11 is 13.2. The molecular weight excluding hydrogens is 335 g/mol. The molecule has 2 N–H and O–H groups in total. The van der Waals surface area contributed by atoms with Gasteiger partial charge in [0.1, 0.15) is 0 Å². The Bertz CT molecular complexity index is 651. The van der Waals surface area contributed by atoms with Gasteiger partial charge in [0.15, 0.2) is 5.75 Å². The number of methoxy groups -OCH3 is 1. The molecule has 5 nitrogen and oxygen atoms in total. The van der Waals surface area contributed by atoms with Gasteiger partial charge in [0.25, 0.3) is 11.8 Å². The van der Waals surface area contributed by atoms with Crippen molar-refractivity contribution >= 4 is 46.4 Å². The summed E-state index contributed by atoms with van der Waals surface area (Å²) in [6, 6.07) is 6.19. The van der Waals surface area contributed by atoms with Crippen LogP contribution in [0.25, 0.3) is 0 Å². The Morgan fingerprint density at radius 2 is 1.76 bits per heavy atom. The minimum Gasteiger partial charge on any atom is -0.494 e. The molecule has 0 aliphatic heterocycles. The highest BCUT2D eigenvalue weighted by molar-refractivity contribution is 7.12. The zero-order valence-corrected chi connectivity index (χ0v) is 13.1. The summed E-state index contributed by atoms with van der Waals surface area (Å²) in [6.07, 6.45) is 0. The molecule has 2 rings (SSSR count). The first-order valence-electron chi connectivity index (χ1n) is 5.70. The summed E-state index contributed by atoms with van der Waals surface area (Å²) in [5.74, 6) is -0.645. The summed E-state index contributed by atoms with van der Waals surface area (Å²) in [5.41, 5.74) is 4.80. The van der Waals surface area contributed by atoms with E-state index in [0.29, 0.717) is 4.88 Å². The van der Waals surface area contributed by atoms with Crippen LogP contribution in [0.4, 0.5) is 0 Å². The van der Waals surface area contributed by atoms with Gasteiger partial charge in [-0.25, -0.2) is 0 Å². The molecule has 8 heteroatoms. The van der Waals surface area contributed by atoms with Crippen LogP contribution in [-0.2, 0) is 0 Å². The van der Waals surface area contributed by atoms with Crippen molar-refractivity contribution in [3.05, 3.63) is 50.1 Å². The van der Waals surface area contributed by atoms with Crippen LogP contribution in [0.1, 0.15) is 20.0 Å². The van der Waals surface area contributed by atoms with Crippen LogP contribution >= 0.6 is 34.5 Å². The second kappa shape index (κ2) is 6.80. The van der Waals surface area contributed by atoms with Gasteiger partial charge in [-0.2, -0.15) is 0 Å². The second-order valence-electron chi connectivity index (χ2n) is 3.86. The number of amides is 2. The number of halogens is 2. The topological polar surface area (TPSA) is 67.4 Å². The van der Waals surface area contributed by atoms with Crippen LogP contribution in [0.3, 0.4) is 0 Å². The molecule has 2 aromatic rings. The van der Waals surface area contributed by atoms with Gasteiger partial charge in [0, 0.05) is 5.56 Å². The zero-order chi connectivity index (χ0) is 15.4. The fraction of sp³-hybridized carbons (Fsp3) is 0.0769. The van der Waals surface area contributed by atoms with Crippen molar-refractivity contribution in [3.8, 4) is 5.75 Å². The molecule has 2 amide bonds. The first kappa shape index (κ1) is 15.6. The lowest BCUT2D eigenvalue weighted by Gasteiger charge is -2.09. The normalized spacial score (nSPS) is 10.0. The summed E-state index contributed by atoms with van der Waals surface area (Å²) in [4.78, 5) is 24.1. The molecule has 110 valence electrons. The number of nitrogens with one attached hydrogen (secondary N) is 2. The zero-order valence-electron chi connectivity index (χ0n) is 10.8. The molecule has 0 radical (unpaired) electrons. The van der Waals surface area contributed by atoms with Gasteiger partial charge >= 0.3 is 0 Å². The number of hydrogen-bond donors (Lipinski definition) is 2. The average molecular weight is 345 g/mol. The molecule has 0 atom stereocenters. The van der Waals surface area contributed by atoms with Crippen molar-refractivity contribution in [3.63, 3.8) is 0 Å². The lowest BCUT2D eigenvalue weighted by molar-refractivity contribution is 0.0849. The molecule has 0 aliphatic carbocycles.